The molecule has 0 aromatic heterocycles. The molecule has 3 unspecified atom stereocenters. The van der Waals surface area contributed by atoms with Gasteiger partial charge in [0.25, 0.3) is 5.91 Å². The van der Waals surface area contributed by atoms with Gasteiger partial charge in [-0.15, -0.1) is 0 Å². The van der Waals surface area contributed by atoms with Gasteiger partial charge >= 0.3 is 5.97 Å². The van der Waals surface area contributed by atoms with E-state index in [1.807, 2.05) is 4.90 Å². The van der Waals surface area contributed by atoms with Crippen molar-refractivity contribution in [1.82, 2.24) is 4.90 Å². The van der Waals surface area contributed by atoms with Gasteiger partial charge in [-0.2, -0.15) is 0 Å². The molecule has 1 amide bonds. The number of amides is 1. The zero-order chi connectivity index (χ0) is 14.0. The summed E-state index contributed by atoms with van der Waals surface area (Å²) in [4.78, 5) is 24.5. The summed E-state index contributed by atoms with van der Waals surface area (Å²) in [5.74, 6) is 0.0984. The normalized spacial score (nSPS) is 34.3. The number of hydrogen-bond acceptors (Lipinski definition) is 4. The third kappa shape index (κ3) is 3.26. The smallest absolute Gasteiger partial charge is 0.302 e. The molecule has 1 N–H and O–H groups in total. The van der Waals surface area contributed by atoms with E-state index in [1.165, 1.54) is 6.92 Å². The van der Waals surface area contributed by atoms with Crippen LogP contribution < -0.4 is 0 Å². The van der Waals surface area contributed by atoms with Crippen LogP contribution in [-0.4, -0.2) is 46.7 Å². The highest BCUT2D eigenvalue weighted by atomic mass is 16.5. The minimum Gasteiger partial charge on any atom is -0.466 e. The maximum atomic E-state index is 12.0. The average molecular weight is 269 g/mol. The van der Waals surface area contributed by atoms with Crippen LogP contribution in [0.2, 0.25) is 0 Å². The van der Waals surface area contributed by atoms with E-state index in [0.717, 1.165) is 32.2 Å². The molecule has 0 spiro atoms. The molecule has 19 heavy (non-hydrogen) atoms. The molecule has 2 fully saturated rings. The Morgan fingerprint density at radius 1 is 1.53 bits per heavy atom. The molecule has 2 aliphatic heterocycles. The van der Waals surface area contributed by atoms with Crippen LogP contribution in [0.5, 0.6) is 0 Å². The summed E-state index contributed by atoms with van der Waals surface area (Å²) in [7, 11) is 0. The van der Waals surface area contributed by atoms with Crippen molar-refractivity contribution in [1.29, 1.82) is 0 Å². The van der Waals surface area contributed by atoms with Crippen LogP contribution >= 0.6 is 0 Å². The molecule has 0 aromatic rings. The number of rotatable bonds is 4. The van der Waals surface area contributed by atoms with E-state index in [9.17, 15) is 14.7 Å². The van der Waals surface area contributed by atoms with Crippen LogP contribution in [-0.2, 0) is 14.3 Å². The third-order valence-electron chi connectivity index (χ3n) is 4.22. The van der Waals surface area contributed by atoms with Gasteiger partial charge < -0.3 is 14.7 Å². The molecule has 3 atom stereocenters. The van der Waals surface area contributed by atoms with Gasteiger partial charge in [-0.05, 0) is 38.5 Å². The van der Waals surface area contributed by atoms with Gasteiger partial charge in [0.15, 0.2) is 0 Å². The Kier molecular flexibility index (Phi) is 4.13. The molecule has 2 rings (SSSR count). The van der Waals surface area contributed by atoms with Gasteiger partial charge in [-0.3, -0.25) is 9.59 Å². The largest absolute Gasteiger partial charge is 0.466 e. The molecule has 0 saturated carbocycles. The van der Waals surface area contributed by atoms with Gasteiger partial charge in [0.1, 0.15) is 5.60 Å². The Morgan fingerprint density at radius 3 is 2.95 bits per heavy atom. The van der Waals surface area contributed by atoms with E-state index in [1.54, 1.807) is 6.92 Å². The maximum absolute atomic E-state index is 12.0. The summed E-state index contributed by atoms with van der Waals surface area (Å²) in [6, 6.07) is 0.215. The van der Waals surface area contributed by atoms with Crippen LogP contribution in [0.3, 0.4) is 0 Å². The predicted octanol–water partition coefficient (Wildman–Crippen LogP) is 1.09. The standard InChI is InChI=1S/C14H23NO4/c1-10(16)19-7-3-4-11-5-6-12-8-14(2,18)13(17)15(12)9-11/h11-12,18H,3-9H2,1-2H3. The van der Waals surface area contributed by atoms with Crippen LogP contribution in [0.1, 0.15) is 46.0 Å². The molecule has 0 aliphatic carbocycles. The van der Waals surface area contributed by atoms with Crippen LogP contribution in [0.4, 0.5) is 0 Å². The molecule has 0 aromatic carbocycles. The maximum Gasteiger partial charge on any atom is 0.302 e. The van der Waals surface area contributed by atoms with E-state index in [0.29, 0.717) is 18.9 Å². The first-order valence-electron chi connectivity index (χ1n) is 7.07. The molecule has 108 valence electrons. The minimum absolute atomic E-state index is 0.123. The number of esters is 1. The summed E-state index contributed by atoms with van der Waals surface area (Å²) >= 11 is 0. The van der Waals surface area contributed by atoms with Crippen LogP contribution in [0.15, 0.2) is 0 Å². The summed E-state index contributed by atoms with van der Waals surface area (Å²) < 4.78 is 4.91. The van der Waals surface area contributed by atoms with Gasteiger partial charge in [0, 0.05) is 25.9 Å². The molecule has 5 nitrogen and oxygen atoms in total. The van der Waals surface area contributed by atoms with Crippen molar-refractivity contribution < 1.29 is 19.4 Å². The van der Waals surface area contributed by atoms with Crippen molar-refractivity contribution in [2.45, 2.75) is 57.6 Å². The molecule has 5 heteroatoms. The Labute approximate surface area is 113 Å². The monoisotopic (exact) mass is 269 g/mol. The fraction of sp³-hybridized carbons (Fsp3) is 0.857. The second-order valence-corrected chi connectivity index (χ2v) is 6.01. The lowest BCUT2D eigenvalue weighted by atomic mass is 9.89. The molecular formula is C14H23NO4. The van der Waals surface area contributed by atoms with Crippen molar-refractivity contribution in [3.63, 3.8) is 0 Å². The first-order valence-corrected chi connectivity index (χ1v) is 7.07. The molecule has 2 heterocycles. The van der Waals surface area contributed by atoms with Gasteiger partial charge in [0.2, 0.25) is 0 Å². The van der Waals surface area contributed by atoms with Crippen molar-refractivity contribution in [2.24, 2.45) is 5.92 Å². The van der Waals surface area contributed by atoms with E-state index >= 15 is 0 Å². The molecular weight excluding hydrogens is 246 g/mol. The second-order valence-electron chi connectivity index (χ2n) is 6.01. The van der Waals surface area contributed by atoms with Gasteiger partial charge in [-0.1, -0.05) is 0 Å². The highest BCUT2D eigenvalue weighted by Gasteiger charge is 2.48. The first kappa shape index (κ1) is 14.3. The molecule has 2 aliphatic rings. The topological polar surface area (TPSA) is 66.8 Å². The highest BCUT2D eigenvalue weighted by molar-refractivity contribution is 5.87. The summed E-state index contributed by atoms with van der Waals surface area (Å²) in [5.41, 5.74) is -1.17. The number of fused-ring (bicyclic) bond motifs is 1. The summed E-state index contributed by atoms with van der Waals surface area (Å²) in [5, 5.41) is 10.0. The van der Waals surface area contributed by atoms with Gasteiger partial charge in [-0.25, -0.2) is 0 Å². The summed E-state index contributed by atoms with van der Waals surface area (Å²) in [6.45, 7) is 4.22. The minimum atomic E-state index is -1.17. The average Bonchev–Trinajstić information content (AvgIpc) is 2.56. The van der Waals surface area contributed by atoms with Crippen molar-refractivity contribution in [2.75, 3.05) is 13.2 Å². The number of hydrogen-bond donors (Lipinski definition) is 1. The van der Waals surface area contributed by atoms with E-state index in [4.69, 9.17) is 4.74 Å². The van der Waals surface area contributed by atoms with E-state index < -0.39 is 5.60 Å². The Hall–Kier alpha value is -1.10. The number of piperidine rings is 1. The lowest BCUT2D eigenvalue weighted by molar-refractivity contribution is -0.143. The van der Waals surface area contributed by atoms with Crippen molar-refractivity contribution in [3.8, 4) is 0 Å². The molecule has 2 saturated heterocycles. The predicted molar refractivity (Wildman–Crippen MR) is 69.3 cm³/mol. The second kappa shape index (κ2) is 5.49. The number of carbonyl (C=O) groups excluding carboxylic acids is 2. The fourth-order valence-electron chi connectivity index (χ4n) is 3.24. The number of carbonyl (C=O) groups is 2. The first-order chi connectivity index (χ1) is 8.90. The SMILES string of the molecule is CC(=O)OCCCC1CCC2CC(C)(O)C(=O)N2C1. The zero-order valence-corrected chi connectivity index (χ0v) is 11.7. The van der Waals surface area contributed by atoms with Gasteiger partial charge in [0.05, 0.1) is 6.61 Å². The fourth-order valence-corrected chi connectivity index (χ4v) is 3.24. The van der Waals surface area contributed by atoms with Crippen LogP contribution in [0.25, 0.3) is 0 Å². The van der Waals surface area contributed by atoms with Crippen LogP contribution in [0, 0.1) is 5.92 Å². The Bertz CT molecular complexity index is 366. The third-order valence-corrected chi connectivity index (χ3v) is 4.22. The lowest BCUT2D eigenvalue weighted by Gasteiger charge is -2.35. The van der Waals surface area contributed by atoms with Crippen molar-refractivity contribution in [3.05, 3.63) is 0 Å². The lowest BCUT2D eigenvalue weighted by Crippen LogP contribution is -2.44. The summed E-state index contributed by atoms with van der Waals surface area (Å²) in [6.07, 6.45) is 4.43. The van der Waals surface area contributed by atoms with E-state index in [2.05, 4.69) is 0 Å². The number of nitrogens with zero attached hydrogens (tertiary/aromatic N) is 1. The number of ether oxygens (including phenoxy) is 1. The number of aliphatic hydroxyl groups is 1. The highest BCUT2D eigenvalue weighted by Crippen LogP contribution is 2.36. The van der Waals surface area contributed by atoms with Crippen molar-refractivity contribution >= 4 is 11.9 Å². The molecule has 0 radical (unpaired) electrons. The Morgan fingerprint density at radius 2 is 2.26 bits per heavy atom. The quantitative estimate of drug-likeness (QED) is 0.613. The Balaban J connectivity index is 1.78. The molecule has 0 bridgehead atoms. The van der Waals surface area contributed by atoms with E-state index in [-0.39, 0.29) is 17.9 Å². The zero-order valence-electron chi connectivity index (χ0n) is 11.7.